The minimum absolute atomic E-state index is 0.0809. The fraction of sp³-hybridized carbons (Fsp3) is 0.269. The van der Waals surface area contributed by atoms with Gasteiger partial charge in [-0.05, 0) is 86.7 Å². The van der Waals surface area contributed by atoms with Crippen LogP contribution >= 0.6 is 11.6 Å². The van der Waals surface area contributed by atoms with Crippen molar-refractivity contribution >= 4 is 33.2 Å². The summed E-state index contributed by atoms with van der Waals surface area (Å²) >= 11 is 5.93. The van der Waals surface area contributed by atoms with Gasteiger partial charge in [-0.3, -0.25) is 9.10 Å². The Morgan fingerprint density at radius 3 is 2.33 bits per heavy atom. The summed E-state index contributed by atoms with van der Waals surface area (Å²) in [6.45, 7) is 6.08. The van der Waals surface area contributed by atoms with Gasteiger partial charge in [0.05, 0.1) is 10.6 Å². The van der Waals surface area contributed by atoms with Crippen LogP contribution < -0.4 is 9.62 Å². The van der Waals surface area contributed by atoms with Crippen LogP contribution in [0.2, 0.25) is 5.02 Å². The van der Waals surface area contributed by atoms with E-state index < -0.39 is 10.0 Å². The van der Waals surface area contributed by atoms with Crippen LogP contribution in [0.1, 0.15) is 28.7 Å². The Hall–Kier alpha value is -2.83. The molecule has 0 aliphatic heterocycles. The normalized spacial score (nSPS) is 11.3. The third-order valence-electron chi connectivity index (χ3n) is 5.51. The summed E-state index contributed by atoms with van der Waals surface area (Å²) in [5, 5.41) is 3.30. The number of aryl methyl sites for hydroxylation is 4. The molecule has 7 heteroatoms. The first kappa shape index (κ1) is 24.8. The Morgan fingerprint density at radius 2 is 1.67 bits per heavy atom. The number of amides is 1. The fourth-order valence-electron chi connectivity index (χ4n) is 3.50. The minimum Gasteiger partial charge on any atom is -0.355 e. The van der Waals surface area contributed by atoms with Crippen LogP contribution in [-0.4, -0.2) is 27.4 Å². The van der Waals surface area contributed by atoms with Crippen LogP contribution in [-0.2, 0) is 21.2 Å². The van der Waals surface area contributed by atoms with Crippen molar-refractivity contribution < 1.29 is 13.2 Å². The van der Waals surface area contributed by atoms with E-state index >= 15 is 0 Å². The van der Waals surface area contributed by atoms with Crippen molar-refractivity contribution in [2.24, 2.45) is 0 Å². The second-order valence-electron chi connectivity index (χ2n) is 8.18. The van der Waals surface area contributed by atoms with Crippen molar-refractivity contribution in [3.05, 3.63) is 94.0 Å². The summed E-state index contributed by atoms with van der Waals surface area (Å²) in [6.07, 6.45) is 1.61. The fourth-order valence-corrected chi connectivity index (χ4v) is 5.04. The Balaban J connectivity index is 1.74. The first-order valence-corrected chi connectivity index (χ1v) is 12.7. The van der Waals surface area contributed by atoms with Crippen LogP contribution in [0.5, 0.6) is 0 Å². The number of nitrogens with one attached hydrogen (secondary N) is 1. The lowest BCUT2D eigenvalue weighted by Crippen LogP contribution is -2.41. The number of carbonyl (C=O) groups is 1. The van der Waals surface area contributed by atoms with Crippen molar-refractivity contribution in [1.82, 2.24) is 5.32 Å². The maximum Gasteiger partial charge on any atom is 0.264 e. The van der Waals surface area contributed by atoms with Gasteiger partial charge in [-0.25, -0.2) is 8.42 Å². The molecule has 1 amide bonds. The standard InChI is InChI=1S/C26H29ClN2O3S/c1-19-6-4-7-22(16-19)8-5-15-28-26(30)18-29(24-12-9-20(2)21(3)17-24)33(31,32)25-13-10-23(27)11-14-25/h4,6-7,9-14,16-17H,5,8,15,18H2,1-3H3,(H,28,30). The molecule has 0 atom stereocenters. The summed E-state index contributed by atoms with van der Waals surface area (Å²) in [4.78, 5) is 12.8. The Morgan fingerprint density at radius 1 is 0.939 bits per heavy atom. The van der Waals surface area contributed by atoms with E-state index in [1.54, 1.807) is 12.1 Å². The highest BCUT2D eigenvalue weighted by atomic mass is 35.5. The first-order valence-electron chi connectivity index (χ1n) is 10.8. The summed E-state index contributed by atoms with van der Waals surface area (Å²) in [5.74, 6) is -0.352. The second kappa shape index (κ2) is 10.9. The number of rotatable bonds is 9. The molecule has 0 radical (unpaired) electrons. The molecule has 0 heterocycles. The van der Waals surface area contributed by atoms with Crippen molar-refractivity contribution in [3.63, 3.8) is 0 Å². The molecule has 0 unspecified atom stereocenters. The lowest BCUT2D eigenvalue weighted by Gasteiger charge is -2.25. The molecule has 33 heavy (non-hydrogen) atoms. The molecule has 5 nitrogen and oxygen atoms in total. The van der Waals surface area contributed by atoms with Crippen LogP contribution in [0.4, 0.5) is 5.69 Å². The van der Waals surface area contributed by atoms with E-state index in [4.69, 9.17) is 11.6 Å². The number of benzene rings is 3. The van der Waals surface area contributed by atoms with Gasteiger partial charge in [-0.1, -0.05) is 47.5 Å². The lowest BCUT2D eigenvalue weighted by atomic mass is 10.1. The van der Waals surface area contributed by atoms with Gasteiger partial charge >= 0.3 is 0 Å². The van der Waals surface area contributed by atoms with Gasteiger partial charge in [0.15, 0.2) is 0 Å². The smallest absolute Gasteiger partial charge is 0.264 e. The van der Waals surface area contributed by atoms with Gasteiger partial charge in [-0.2, -0.15) is 0 Å². The number of anilines is 1. The van der Waals surface area contributed by atoms with Gasteiger partial charge in [0.2, 0.25) is 5.91 Å². The van der Waals surface area contributed by atoms with E-state index in [9.17, 15) is 13.2 Å². The van der Waals surface area contributed by atoms with Gasteiger partial charge in [-0.15, -0.1) is 0 Å². The number of hydrogen-bond acceptors (Lipinski definition) is 3. The zero-order valence-electron chi connectivity index (χ0n) is 19.1. The van der Waals surface area contributed by atoms with Crippen molar-refractivity contribution in [3.8, 4) is 0 Å². The molecule has 0 fully saturated rings. The number of sulfonamides is 1. The van der Waals surface area contributed by atoms with Gasteiger partial charge in [0, 0.05) is 11.6 Å². The Bertz CT molecular complexity index is 1220. The molecular formula is C26H29ClN2O3S. The number of carbonyl (C=O) groups excluding carboxylic acids is 1. The second-order valence-corrected chi connectivity index (χ2v) is 10.5. The topological polar surface area (TPSA) is 66.5 Å². The van der Waals surface area contributed by atoms with Crippen molar-refractivity contribution in [2.45, 2.75) is 38.5 Å². The van der Waals surface area contributed by atoms with Gasteiger partial charge in [0.1, 0.15) is 6.54 Å². The summed E-state index contributed by atoms with van der Waals surface area (Å²) in [7, 11) is -3.96. The molecule has 0 spiro atoms. The molecular weight excluding hydrogens is 456 g/mol. The summed E-state index contributed by atoms with van der Waals surface area (Å²) < 4.78 is 28.0. The molecule has 3 aromatic rings. The van der Waals surface area contributed by atoms with E-state index in [1.807, 2.05) is 39.0 Å². The molecule has 3 aromatic carbocycles. The predicted octanol–water partition coefficient (Wildman–Crippen LogP) is 5.21. The first-order chi connectivity index (χ1) is 15.7. The average Bonchev–Trinajstić information content (AvgIpc) is 2.77. The van der Waals surface area contributed by atoms with Crippen molar-refractivity contribution in [2.75, 3.05) is 17.4 Å². The molecule has 0 aromatic heterocycles. The quantitative estimate of drug-likeness (QED) is 0.424. The van der Waals surface area contributed by atoms with Crippen LogP contribution in [0.15, 0.2) is 71.6 Å². The van der Waals surface area contributed by atoms with Gasteiger partial charge in [0.25, 0.3) is 10.0 Å². The Labute approximate surface area is 201 Å². The zero-order valence-corrected chi connectivity index (χ0v) is 20.7. The van der Waals surface area contributed by atoms with E-state index in [1.165, 1.54) is 35.4 Å². The third-order valence-corrected chi connectivity index (χ3v) is 7.55. The van der Waals surface area contributed by atoms with Crippen LogP contribution in [0.3, 0.4) is 0 Å². The van der Waals surface area contributed by atoms with Crippen LogP contribution in [0.25, 0.3) is 0 Å². The van der Waals surface area contributed by atoms with Gasteiger partial charge < -0.3 is 5.32 Å². The van der Waals surface area contributed by atoms with Crippen LogP contribution in [0, 0.1) is 20.8 Å². The summed E-state index contributed by atoms with van der Waals surface area (Å²) in [5.41, 5.74) is 4.85. The highest BCUT2D eigenvalue weighted by Gasteiger charge is 2.27. The van der Waals surface area contributed by atoms with E-state index in [0.717, 1.165) is 28.3 Å². The number of nitrogens with zero attached hydrogens (tertiary/aromatic N) is 1. The SMILES string of the molecule is Cc1cccc(CCCNC(=O)CN(c2ccc(C)c(C)c2)S(=O)(=O)c2ccc(Cl)cc2)c1. The molecule has 0 bridgehead atoms. The minimum atomic E-state index is -3.96. The third kappa shape index (κ3) is 6.59. The summed E-state index contributed by atoms with van der Waals surface area (Å²) in [6, 6.07) is 19.6. The monoisotopic (exact) mass is 484 g/mol. The molecule has 1 N–H and O–H groups in total. The molecule has 174 valence electrons. The molecule has 3 rings (SSSR count). The highest BCUT2D eigenvalue weighted by molar-refractivity contribution is 7.92. The van der Waals surface area contributed by atoms with E-state index in [-0.39, 0.29) is 17.3 Å². The molecule has 0 aliphatic carbocycles. The van der Waals surface area contributed by atoms with Crippen molar-refractivity contribution in [1.29, 1.82) is 0 Å². The van der Waals surface area contributed by atoms with E-state index in [2.05, 4.69) is 17.4 Å². The maximum absolute atomic E-state index is 13.4. The lowest BCUT2D eigenvalue weighted by molar-refractivity contribution is -0.119. The van der Waals surface area contributed by atoms with E-state index in [0.29, 0.717) is 17.3 Å². The average molecular weight is 485 g/mol. The largest absolute Gasteiger partial charge is 0.355 e. The maximum atomic E-state index is 13.4. The number of hydrogen-bond donors (Lipinski definition) is 1. The zero-order chi connectivity index (χ0) is 24.0. The molecule has 0 saturated heterocycles. The Kier molecular flexibility index (Phi) is 8.16. The predicted molar refractivity (Wildman–Crippen MR) is 134 cm³/mol. The molecule has 0 saturated carbocycles. The number of halogens is 1. The highest BCUT2D eigenvalue weighted by Crippen LogP contribution is 2.26. The molecule has 0 aliphatic rings.